The number of benzene rings is 1. The van der Waals surface area contributed by atoms with Crippen LogP contribution < -0.4 is 5.43 Å². The highest BCUT2D eigenvalue weighted by atomic mass is 79.9. The van der Waals surface area contributed by atoms with Gasteiger partial charge >= 0.3 is 5.97 Å². The van der Waals surface area contributed by atoms with Gasteiger partial charge in [0.15, 0.2) is 11.5 Å². The van der Waals surface area contributed by atoms with Gasteiger partial charge in [0.05, 0.1) is 19.3 Å². The maximum atomic E-state index is 12.8. The predicted molar refractivity (Wildman–Crippen MR) is 86.3 cm³/mol. The molecule has 23 heavy (non-hydrogen) atoms. The summed E-state index contributed by atoms with van der Waals surface area (Å²) >= 11 is 3.35. The first kappa shape index (κ1) is 15.5. The first-order valence-corrected chi connectivity index (χ1v) is 7.65. The van der Waals surface area contributed by atoms with Crippen molar-refractivity contribution in [3.63, 3.8) is 0 Å². The minimum absolute atomic E-state index is 0.121. The number of ketones is 1. The van der Waals surface area contributed by atoms with E-state index >= 15 is 0 Å². The minimum atomic E-state index is -0.732. The first-order valence-electron chi connectivity index (χ1n) is 6.86. The number of nitrogens with one attached hydrogen (secondary N) is 1. The number of ether oxygens (including phenoxy) is 1. The summed E-state index contributed by atoms with van der Waals surface area (Å²) in [4.78, 5) is 24.7. The third kappa shape index (κ3) is 2.92. The molecule has 2 unspecified atom stereocenters. The van der Waals surface area contributed by atoms with Gasteiger partial charge in [-0.3, -0.25) is 10.2 Å². The summed E-state index contributed by atoms with van der Waals surface area (Å²) in [6.45, 7) is 0. The Bertz CT molecular complexity index is 770. The second kappa shape index (κ2) is 6.37. The van der Waals surface area contributed by atoms with Gasteiger partial charge in [-0.2, -0.15) is 5.10 Å². The third-order valence-electron chi connectivity index (χ3n) is 3.59. The average molecular weight is 377 g/mol. The predicted octanol–water partition coefficient (Wildman–Crippen LogP) is 2.51. The Morgan fingerprint density at radius 2 is 2.13 bits per heavy atom. The second-order valence-corrected chi connectivity index (χ2v) is 5.88. The van der Waals surface area contributed by atoms with E-state index in [0.717, 1.165) is 4.47 Å². The Morgan fingerprint density at radius 3 is 2.78 bits per heavy atom. The summed E-state index contributed by atoms with van der Waals surface area (Å²) in [6.07, 6.45) is 1.49. The lowest BCUT2D eigenvalue weighted by Crippen LogP contribution is -2.37. The van der Waals surface area contributed by atoms with E-state index in [4.69, 9.17) is 9.15 Å². The van der Waals surface area contributed by atoms with Crippen molar-refractivity contribution in [2.75, 3.05) is 7.11 Å². The fraction of sp³-hybridized carbons (Fsp3) is 0.188. The van der Waals surface area contributed by atoms with Crippen molar-refractivity contribution in [2.45, 2.75) is 12.0 Å². The van der Waals surface area contributed by atoms with Crippen molar-refractivity contribution in [2.24, 2.45) is 5.10 Å². The van der Waals surface area contributed by atoms with Gasteiger partial charge in [0.2, 0.25) is 0 Å². The van der Waals surface area contributed by atoms with E-state index in [1.807, 2.05) is 6.07 Å². The van der Waals surface area contributed by atoms with Gasteiger partial charge < -0.3 is 9.15 Å². The molecule has 7 heteroatoms. The summed E-state index contributed by atoms with van der Waals surface area (Å²) in [5.41, 5.74) is 3.37. The molecule has 6 nitrogen and oxygen atoms in total. The number of Topliss-reactive ketones (excluding diaryl/α,β-unsaturated/α-hetero) is 1. The molecule has 2 heterocycles. The monoisotopic (exact) mass is 376 g/mol. The number of furan rings is 1. The molecule has 2 aromatic rings. The first-order chi connectivity index (χ1) is 11.1. The molecule has 0 fully saturated rings. The molecule has 1 aromatic carbocycles. The van der Waals surface area contributed by atoms with Crippen LogP contribution >= 0.6 is 15.9 Å². The van der Waals surface area contributed by atoms with Crippen molar-refractivity contribution in [3.05, 3.63) is 58.5 Å². The number of carbonyl (C=O) groups excluding carboxylic acids is 2. The number of halogens is 1. The van der Waals surface area contributed by atoms with Gasteiger partial charge in [0.25, 0.3) is 0 Å². The zero-order valence-corrected chi connectivity index (χ0v) is 13.7. The third-order valence-corrected chi connectivity index (χ3v) is 4.08. The van der Waals surface area contributed by atoms with Gasteiger partial charge in [-0.25, -0.2) is 4.79 Å². The van der Waals surface area contributed by atoms with Crippen molar-refractivity contribution in [1.29, 1.82) is 0 Å². The molecule has 1 aliphatic rings. The molecular formula is C16H13BrN2O4. The van der Waals surface area contributed by atoms with Crippen molar-refractivity contribution < 1.29 is 18.7 Å². The molecule has 2 atom stereocenters. The fourth-order valence-corrected chi connectivity index (χ4v) is 2.92. The highest BCUT2D eigenvalue weighted by Gasteiger charge is 2.43. The molecule has 1 aliphatic heterocycles. The lowest BCUT2D eigenvalue weighted by Gasteiger charge is -2.17. The van der Waals surface area contributed by atoms with Crippen molar-refractivity contribution >= 4 is 33.4 Å². The molecule has 1 N–H and O–H groups in total. The van der Waals surface area contributed by atoms with Gasteiger partial charge in [-0.1, -0.05) is 28.1 Å². The van der Waals surface area contributed by atoms with Crippen LogP contribution in [0, 0.1) is 0 Å². The maximum absolute atomic E-state index is 12.8. The van der Waals surface area contributed by atoms with E-state index in [1.54, 1.807) is 30.3 Å². The van der Waals surface area contributed by atoms with Crippen LogP contribution in [0.4, 0.5) is 0 Å². The molecule has 0 saturated heterocycles. The van der Waals surface area contributed by atoms with Gasteiger partial charge in [0.1, 0.15) is 11.8 Å². The quantitative estimate of drug-likeness (QED) is 0.654. The van der Waals surface area contributed by atoms with Crippen molar-refractivity contribution in [1.82, 2.24) is 5.43 Å². The number of esters is 1. The largest absolute Gasteiger partial charge is 0.469 e. The summed E-state index contributed by atoms with van der Waals surface area (Å²) in [5.74, 6) is -0.935. The Labute approximate surface area is 140 Å². The number of hydrogen-bond donors (Lipinski definition) is 1. The lowest BCUT2D eigenvalue weighted by molar-refractivity contribution is -0.132. The smallest absolute Gasteiger partial charge is 0.355 e. The number of methoxy groups -OCH3 is 1. The molecule has 0 saturated carbocycles. The number of hydrazone groups is 1. The van der Waals surface area contributed by atoms with Crippen molar-refractivity contribution in [3.8, 4) is 0 Å². The van der Waals surface area contributed by atoms with Crippen LogP contribution in [0.5, 0.6) is 0 Å². The SMILES string of the molecule is COC(=O)C1=NNC(C(=O)c2cccc(Br)c2)C1c1ccco1. The molecule has 0 bridgehead atoms. The lowest BCUT2D eigenvalue weighted by atomic mass is 9.88. The molecule has 0 aliphatic carbocycles. The zero-order valence-electron chi connectivity index (χ0n) is 12.2. The topological polar surface area (TPSA) is 80.9 Å². The Hall–Kier alpha value is -2.41. The molecule has 0 spiro atoms. The standard InChI is InChI=1S/C16H13BrN2O4/c1-22-16(21)14-12(11-6-3-7-23-11)13(18-19-14)15(20)9-4-2-5-10(17)8-9/h2-8,12-13,18H,1H3. The summed E-state index contributed by atoms with van der Waals surface area (Å²) in [6, 6.07) is 9.71. The molecule has 118 valence electrons. The summed E-state index contributed by atoms with van der Waals surface area (Å²) in [5, 5.41) is 3.99. The Morgan fingerprint density at radius 1 is 1.30 bits per heavy atom. The van der Waals surface area contributed by atoms with Gasteiger partial charge in [-0.15, -0.1) is 0 Å². The number of rotatable bonds is 4. The normalized spacial score (nSPS) is 19.8. The van der Waals surface area contributed by atoms with Crippen LogP contribution in [0.3, 0.4) is 0 Å². The van der Waals surface area contributed by atoms with Gasteiger partial charge in [0, 0.05) is 10.0 Å². The van der Waals surface area contributed by atoms with Gasteiger partial charge in [-0.05, 0) is 24.3 Å². The maximum Gasteiger partial charge on any atom is 0.355 e. The van der Waals surface area contributed by atoms with Crippen LogP contribution in [0.2, 0.25) is 0 Å². The summed E-state index contributed by atoms with van der Waals surface area (Å²) < 4.78 is 10.9. The zero-order chi connectivity index (χ0) is 16.4. The highest BCUT2D eigenvalue weighted by molar-refractivity contribution is 9.10. The van der Waals surface area contributed by atoms with E-state index in [0.29, 0.717) is 11.3 Å². The minimum Gasteiger partial charge on any atom is -0.469 e. The second-order valence-electron chi connectivity index (χ2n) is 4.96. The number of hydrogen-bond acceptors (Lipinski definition) is 6. The molecular weight excluding hydrogens is 364 g/mol. The van der Waals surface area contributed by atoms with Crippen LogP contribution in [-0.2, 0) is 9.53 Å². The highest BCUT2D eigenvalue weighted by Crippen LogP contribution is 2.29. The van der Waals surface area contributed by atoms with E-state index in [2.05, 4.69) is 26.5 Å². The molecule has 0 radical (unpaired) electrons. The molecule has 3 rings (SSSR count). The molecule has 1 aromatic heterocycles. The number of carbonyl (C=O) groups is 2. The van der Waals surface area contributed by atoms with Crippen LogP contribution in [0.1, 0.15) is 22.0 Å². The Kier molecular flexibility index (Phi) is 4.29. The summed E-state index contributed by atoms with van der Waals surface area (Å²) in [7, 11) is 1.27. The fourth-order valence-electron chi connectivity index (χ4n) is 2.52. The van der Waals surface area contributed by atoms with E-state index in [9.17, 15) is 9.59 Å². The van der Waals surface area contributed by atoms with E-state index in [1.165, 1.54) is 13.4 Å². The van der Waals surface area contributed by atoms with Crippen LogP contribution in [-0.4, -0.2) is 30.6 Å². The molecule has 0 amide bonds. The number of nitrogens with zero attached hydrogens (tertiary/aromatic N) is 1. The average Bonchev–Trinajstić information content (AvgIpc) is 3.22. The van der Waals surface area contributed by atoms with Crippen LogP contribution in [0.25, 0.3) is 0 Å². The Balaban J connectivity index is 1.96. The van der Waals surface area contributed by atoms with Crippen LogP contribution in [0.15, 0.2) is 56.7 Å². The van der Waals surface area contributed by atoms with E-state index < -0.39 is 17.9 Å². The van der Waals surface area contributed by atoms with E-state index in [-0.39, 0.29) is 11.5 Å².